The van der Waals surface area contributed by atoms with Crippen molar-refractivity contribution < 1.29 is 27.2 Å². The van der Waals surface area contributed by atoms with E-state index in [1.807, 2.05) is 0 Å². The van der Waals surface area contributed by atoms with Crippen LogP contribution in [0.25, 0.3) is 0 Å². The number of fused-ring (bicyclic) bond motifs is 1. The molecule has 1 heterocycles. The molecule has 2 aliphatic rings. The van der Waals surface area contributed by atoms with Gasteiger partial charge in [-0.3, -0.25) is 9.59 Å². The van der Waals surface area contributed by atoms with Gasteiger partial charge in [0.05, 0.1) is 12.0 Å². The van der Waals surface area contributed by atoms with E-state index in [1.165, 1.54) is 17.0 Å². The number of carbonyl (C=O) groups excluding carboxylic acids is 2. The molecule has 0 bridgehead atoms. The number of nitrogens with one attached hydrogen (secondary N) is 1. The van der Waals surface area contributed by atoms with E-state index in [9.17, 15) is 27.2 Å². The van der Waals surface area contributed by atoms with E-state index in [0.717, 1.165) is 11.6 Å². The summed E-state index contributed by atoms with van der Waals surface area (Å²) in [7, 11) is 0. The molecule has 33 heavy (non-hydrogen) atoms. The van der Waals surface area contributed by atoms with E-state index in [4.69, 9.17) is 0 Å². The minimum atomic E-state index is -2.62. The predicted molar refractivity (Wildman–Crippen MR) is 116 cm³/mol. The molecule has 0 atom stereocenters. The van der Waals surface area contributed by atoms with Crippen molar-refractivity contribution in [2.24, 2.45) is 5.92 Å². The van der Waals surface area contributed by atoms with Crippen LogP contribution < -0.4 is 10.2 Å². The molecule has 8 heteroatoms. The highest BCUT2D eigenvalue weighted by atomic mass is 19.3. The topological polar surface area (TPSA) is 49.4 Å². The summed E-state index contributed by atoms with van der Waals surface area (Å²) in [5, 5.41) is 2.81. The summed E-state index contributed by atoms with van der Waals surface area (Å²) in [5.41, 5.74) is 1.00. The van der Waals surface area contributed by atoms with Crippen molar-refractivity contribution in [3.05, 3.63) is 64.7 Å². The highest BCUT2D eigenvalue weighted by Crippen LogP contribution is 2.43. The fraction of sp³-hybridized carbons (Fsp3) is 0.440. The van der Waals surface area contributed by atoms with Crippen LogP contribution in [0, 0.1) is 17.6 Å². The van der Waals surface area contributed by atoms with Crippen LogP contribution in [0.1, 0.15) is 61.0 Å². The quantitative estimate of drug-likeness (QED) is 0.610. The van der Waals surface area contributed by atoms with Gasteiger partial charge in [0.25, 0.3) is 5.91 Å². The summed E-state index contributed by atoms with van der Waals surface area (Å²) in [6, 6.07) is 8.06. The first-order chi connectivity index (χ1) is 15.5. The maximum atomic E-state index is 13.7. The smallest absolute Gasteiger partial charge is 0.251 e. The standard InChI is InChI=1S/C25H26F4N2O2/c1-24(2)20-4-3-17(22(32)30-13-15-5-7-25(28,29)8-6-15)11-21(20)31(23(24)33)14-16-9-18(26)12-19(27)10-16/h3-4,9-12,15H,5-8,13-14H2,1-2H3,(H,30,32). The van der Waals surface area contributed by atoms with Gasteiger partial charge in [0, 0.05) is 36.7 Å². The van der Waals surface area contributed by atoms with E-state index in [1.54, 1.807) is 32.0 Å². The molecule has 0 radical (unpaired) electrons. The zero-order valence-electron chi connectivity index (χ0n) is 18.6. The Morgan fingerprint density at radius 2 is 1.70 bits per heavy atom. The maximum absolute atomic E-state index is 13.7. The van der Waals surface area contributed by atoms with E-state index in [0.29, 0.717) is 36.2 Å². The number of hydrogen-bond acceptors (Lipinski definition) is 2. The molecule has 0 unspecified atom stereocenters. The lowest BCUT2D eigenvalue weighted by molar-refractivity contribution is -0.122. The highest BCUT2D eigenvalue weighted by molar-refractivity contribution is 6.08. The molecule has 1 aliphatic heterocycles. The number of halogens is 4. The average molecular weight is 462 g/mol. The highest BCUT2D eigenvalue weighted by Gasteiger charge is 2.44. The molecule has 1 saturated carbocycles. The zero-order valence-corrected chi connectivity index (χ0v) is 18.6. The van der Waals surface area contributed by atoms with Crippen LogP contribution in [0.3, 0.4) is 0 Å². The number of amides is 2. The van der Waals surface area contributed by atoms with E-state index >= 15 is 0 Å². The van der Waals surface area contributed by atoms with E-state index in [2.05, 4.69) is 5.32 Å². The molecule has 4 nitrogen and oxygen atoms in total. The Morgan fingerprint density at radius 3 is 2.33 bits per heavy atom. The van der Waals surface area contributed by atoms with Crippen molar-refractivity contribution in [1.82, 2.24) is 5.32 Å². The van der Waals surface area contributed by atoms with Crippen molar-refractivity contribution in [3.63, 3.8) is 0 Å². The molecule has 176 valence electrons. The average Bonchev–Trinajstić information content (AvgIpc) is 2.92. The number of alkyl halides is 2. The van der Waals surface area contributed by atoms with Crippen molar-refractivity contribution in [1.29, 1.82) is 0 Å². The molecule has 2 aromatic rings. The van der Waals surface area contributed by atoms with Crippen LogP contribution in [-0.2, 0) is 16.8 Å². The lowest BCUT2D eigenvalue weighted by atomic mass is 9.85. The van der Waals surface area contributed by atoms with Crippen molar-refractivity contribution in [3.8, 4) is 0 Å². The SMILES string of the molecule is CC1(C)C(=O)N(Cc2cc(F)cc(F)c2)c2cc(C(=O)NCC3CCC(F)(F)CC3)ccc21. The van der Waals surface area contributed by atoms with Gasteiger partial charge in [0.2, 0.25) is 11.8 Å². The van der Waals surface area contributed by atoms with Gasteiger partial charge in [-0.25, -0.2) is 17.6 Å². The summed E-state index contributed by atoms with van der Waals surface area (Å²) in [6.45, 7) is 3.80. The van der Waals surface area contributed by atoms with Crippen LogP contribution in [0.5, 0.6) is 0 Å². The fourth-order valence-electron chi connectivity index (χ4n) is 4.67. The third-order valence-electron chi connectivity index (χ3n) is 6.65. The Balaban J connectivity index is 1.52. The Hall–Kier alpha value is -2.90. The molecule has 2 aromatic carbocycles. The third kappa shape index (κ3) is 4.75. The Bertz CT molecular complexity index is 1070. The van der Waals surface area contributed by atoms with Gasteiger partial charge in [-0.15, -0.1) is 0 Å². The molecule has 2 amide bonds. The number of carbonyl (C=O) groups is 2. The molecule has 1 aliphatic carbocycles. The zero-order chi connectivity index (χ0) is 24.0. The largest absolute Gasteiger partial charge is 0.352 e. The van der Waals surface area contributed by atoms with Crippen LogP contribution in [0.15, 0.2) is 36.4 Å². The molecule has 0 spiro atoms. The summed E-state index contributed by atoms with van der Waals surface area (Å²) in [5.74, 6) is -4.67. The summed E-state index contributed by atoms with van der Waals surface area (Å²) in [6.07, 6.45) is 0.384. The summed E-state index contributed by atoms with van der Waals surface area (Å²) >= 11 is 0. The molecule has 4 rings (SSSR count). The Kier molecular flexibility index (Phi) is 5.97. The number of anilines is 1. The minimum Gasteiger partial charge on any atom is -0.352 e. The van der Waals surface area contributed by atoms with Gasteiger partial charge in [0.1, 0.15) is 11.6 Å². The predicted octanol–water partition coefficient (Wildman–Crippen LogP) is 5.34. The Morgan fingerprint density at radius 1 is 1.06 bits per heavy atom. The Labute approximate surface area is 190 Å². The maximum Gasteiger partial charge on any atom is 0.251 e. The lowest BCUT2D eigenvalue weighted by Crippen LogP contribution is -2.35. The van der Waals surface area contributed by atoms with Crippen LogP contribution in [0.4, 0.5) is 23.2 Å². The molecular formula is C25H26F4N2O2. The second-order valence-corrected chi connectivity index (χ2v) is 9.54. The third-order valence-corrected chi connectivity index (χ3v) is 6.65. The molecule has 1 N–H and O–H groups in total. The van der Waals surface area contributed by atoms with Crippen molar-refractivity contribution in [2.75, 3.05) is 11.4 Å². The van der Waals surface area contributed by atoms with Crippen LogP contribution in [-0.4, -0.2) is 24.3 Å². The lowest BCUT2D eigenvalue weighted by Gasteiger charge is -2.28. The first kappa shape index (κ1) is 23.3. The molecule has 0 saturated heterocycles. The van der Waals surface area contributed by atoms with Gasteiger partial charge < -0.3 is 10.2 Å². The number of rotatable bonds is 5. The number of benzene rings is 2. The van der Waals surface area contributed by atoms with Gasteiger partial charge in [-0.05, 0) is 68.0 Å². The first-order valence-electron chi connectivity index (χ1n) is 11.0. The molecular weight excluding hydrogens is 436 g/mol. The van der Waals surface area contributed by atoms with Gasteiger partial charge >= 0.3 is 0 Å². The molecule has 1 fully saturated rings. The number of nitrogens with zero attached hydrogens (tertiary/aromatic N) is 1. The minimum absolute atomic E-state index is 0.00267. The van der Waals surface area contributed by atoms with Crippen LogP contribution in [0.2, 0.25) is 0 Å². The normalized spacial score (nSPS) is 19.5. The second kappa shape index (κ2) is 8.47. The summed E-state index contributed by atoms with van der Waals surface area (Å²) in [4.78, 5) is 27.3. The van der Waals surface area contributed by atoms with E-state index in [-0.39, 0.29) is 37.1 Å². The monoisotopic (exact) mass is 462 g/mol. The van der Waals surface area contributed by atoms with Crippen LogP contribution >= 0.6 is 0 Å². The number of hydrogen-bond donors (Lipinski definition) is 1. The fourth-order valence-corrected chi connectivity index (χ4v) is 4.67. The first-order valence-corrected chi connectivity index (χ1v) is 11.0. The van der Waals surface area contributed by atoms with E-state index < -0.39 is 23.0 Å². The molecule has 0 aromatic heterocycles. The van der Waals surface area contributed by atoms with Gasteiger partial charge in [-0.1, -0.05) is 6.07 Å². The van der Waals surface area contributed by atoms with Gasteiger partial charge in [-0.2, -0.15) is 0 Å². The summed E-state index contributed by atoms with van der Waals surface area (Å²) < 4.78 is 54.0. The van der Waals surface area contributed by atoms with Crippen molar-refractivity contribution in [2.45, 2.75) is 57.4 Å². The van der Waals surface area contributed by atoms with Gasteiger partial charge in [0.15, 0.2) is 0 Å². The van der Waals surface area contributed by atoms with Crippen molar-refractivity contribution >= 4 is 17.5 Å². The second-order valence-electron chi connectivity index (χ2n) is 9.54.